The molecule has 0 spiro atoms. The number of rotatable bonds is 1. The van der Waals surface area contributed by atoms with Gasteiger partial charge in [0.2, 0.25) is 0 Å². The Hall–Kier alpha value is -1.55. The zero-order valence-electron chi connectivity index (χ0n) is 7.57. The summed E-state index contributed by atoms with van der Waals surface area (Å²) >= 11 is 1.67. The fourth-order valence-electron chi connectivity index (χ4n) is 1.36. The molecule has 0 radical (unpaired) electrons. The molecule has 0 saturated carbocycles. The molecule has 72 valence electrons. The van der Waals surface area contributed by atoms with E-state index in [1.165, 1.54) is 10.3 Å². The predicted molar refractivity (Wildman–Crippen MR) is 58.2 cm³/mol. The Morgan fingerprint density at radius 2 is 2.29 bits per heavy atom. The van der Waals surface area contributed by atoms with Gasteiger partial charge in [0, 0.05) is 10.4 Å². The van der Waals surface area contributed by atoms with Crippen LogP contribution in [0.3, 0.4) is 0 Å². The van der Waals surface area contributed by atoms with Crippen LogP contribution in [0.15, 0.2) is 23.6 Å². The summed E-state index contributed by atoms with van der Waals surface area (Å²) < 4.78 is 1.18. The molecule has 0 bridgehead atoms. The highest BCUT2D eigenvalue weighted by Gasteiger charge is 2.02. The van der Waals surface area contributed by atoms with E-state index in [9.17, 15) is 4.79 Å². The molecule has 0 aliphatic rings. The highest BCUT2D eigenvalue weighted by Crippen LogP contribution is 2.27. The smallest absolute Gasteiger partial charge is 0.409 e. The van der Waals surface area contributed by atoms with Crippen LogP contribution in [0.25, 0.3) is 10.1 Å². The summed E-state index contributed by atoms with van der Waals surface area (Å²) in [5.41, 5.74) is 1.80. The van der Waals surface area contributed by atoms with Crippen LogP contribution in [0.5, 0.6) is 0 Å². The van der Waals surface area contributed by atoms with Crippen LogP contribution in [0.1, 0.15) is 5.56 Å². The quantitative estimate of drug-likeness (QED) is 0.753. The Morgan fingerprint density at radius 3 is 3.00 bits per heavy atom. The van der Waals surface area contributed by atoms with E-state index in [-0.39, 0.29) is 0 Å². The molecule has 2 aromatic rings. The van der Waals surface area contributed by atoms with Gasteiger partial charge in [0.1, 0.15) is 0 Å². The van der Waals surface area contributed by atoms with Crippen molar-refractivity contribution in [3.05, 3.63) is 29.1 Å². The minimum Gasteiger partial charge on any atom is -0.465 e. The summed E-state index contributed by atoms with van der Waals surface area (Å²) in [5.74, 6) is 0. The second kappa shape index (κ2) is 3.31. The zero-order chi connectivity index (χ0) is 10.1. The zero-order valence-corrected chi connectivity index (χ0v) is 8.39. The molecule has 3 nitrogen and oxygen atoms in total. The molecule has 1 aromatic carbocycles. The van der Waals surface area contributed by atoms with E-state index >= 15 is 0 Å². The van der Waals surface area contributed by atoms with Crippen LogP contribution in [-0.4, -0.2) is 11.2 Å². The summed E-state index contributed by atoms with van der Waals surface area (Å²) in [4.78, 5) is 10.4. The van der Waals surface area contributed by atoms with Gasteiger partial charge in [-0.1, -0.05) is 0 Å². The van der Waals surface area contributed by atoms with Crippen molar-refractivity contribution in [3.63, 3.8) is 0 Å². The minimum atomic E-state index is -1.03. The van der Waals surface area contributed by atoms with E-state index in [4.69, 9.17) is 5.11 Å². The molecule has 2 rings (SSSR count). The van der Waals surface area contributed by atoms with Gasteiger partial charge in [-0.25, -0.2) is 4.79 Å². The molecule has 1 heterocycles. The van der Waals surface area contributed by atoms with E-state index in [0.717, 1.165) is 5.39 Å². The van der Waals surface area contributed by atoms with Crippen LogP contribution in [0, 0.1) is 6.92 Å². The number of benzene rings is 1. The van der Waals surface area contributed by atoms with Gasteiger partial charge in [-0.2, -0.15) is 0 Å². The van der Waals surface area contributed by atoms with Crippen LogP contribution in [0.2, 0.25) is 0 Å². The number of fused-ring (bicyclic) bond motifs is 1. The van der Waals surface area contributed by atoms with Gasteiger partial charge in [0.25, 0.3) is 0 Å². The molecule has 14 heavy (non-hydrogen) atoms. The molecular weight excluding hydrogens is 198 g/mol. The number of anilines is 1. The second-order valence-corrected chi connectivity index (χ2v) is 3.97. The highest BCUT2D eigenvalue weighted by molar-refractivity contribution is 7.17. The number of carbonyl (C=O) groups is 1. The molecule has 1 amide bonds. The topological polar surface area (TPSA) is 49.3 Å². The molecule has 2 N–H and O–H groups in total. The third-order valence-corrected chi connectivity index (χ3v) is 3.10. The van der Waals surface area contributed by atoms with E-state index < -0.39 is 6.09 Å². The van der Waals surface area contributed by atoms with Crippen molar-refractivity contribution in [1.82, 2.24) is 0 Å². The van der Waals surface area contributed by atoms with Crippen LogP contribution >= 0.6 is 11.3 Å². The van der Waals surface area contributed by atoms with Gasteiger partial charge in [-0.3, -0.25) is 5.32 Å². The fourth-order valence-corrected chi connectivity index (χ4v) is 2.28. The lowest BCUT2D eigenvalue weighted by molar-refractivity contribution is 0.210. The third kappa shape index (κ3) is 1.56. The van der Waals surface area contributed by atoms with Gasteiger partial charge in [-0.15, -0.1) is 11.3 Å². The molecule has 0 atom stereocenters. The maximum absolute atomic E-state index is 10.4. The van der Waals surface area contributed by atoms with E-state index in [1.807, 2.05) is 19.1 Å². The maximum Gasteiger partial charge on any atom is 0.409 e. The van der Waals surface area contributed by atoms with Crippen molar-refractivity contribution in [1.29, 1.82) is 0 Å². The summed E-state index contributed by atoms with van der Waals surface area (Å²) in [6.45, 7) is 2.02. The van der Waals surface area contributed by atoms with Gasteiger partial charge in [-0.05, 0) is 41.5 Å². The Labute approximate surface area is 85.0 Å². The van der Waals surface area contributed by atoms with E-state index in [2.05, 4.69) is 10.7 Å². The van der Waals surface area contributed by atoms with Crippen LogP contribution < -0.4 is 5.32 Å². The molecule has 0 aliphatic heterocycles. The molecule has 0 fully saturated rings. The monoisotopic (exact) mass is 207 g/mol. The number of amides is 1. The van der Waals surface area contributed by atoms with Crippen molar-refractivity contribution >= 4 is 33.2 Å². The minimum absolute atomic E-state index is 0.617. The first-order chi connectivity index (χ1) is 6.66. The van der Waals surface area contributed by atoms with Gasteiger partial charge < -0.3 is 5.11 Å². The third-order valence-electron chi connectivity index (χ3n) is 2.02. The number of aryl methyl sites for hydroxylation is 1. The summed E-state index contributed by atoms with van der Waals surface area (Å²) in [7, 11) is 0. The molecule has 0 aliphatic carbocycles. The molecular formula is C10H9NO2S. The Bertz CT molecular complexity index is 490. The first-order valence-corrected chi connectivity index (χ1v) is 5.02. The van der Waals surface area contributed by atoms with Crippen molar-refractivity contribution < 1.29 is 9.90 Å². The number of hydrogen-bond acceptors (Lipinski definition) is 2. The highest BCUT2D eigenvalue weighted by atomic mass is 32.1. The van der Waals surface area contributed by atoms with Crippen molar-refractivity contribution in [2.45, 2.75) is 6.92 Å². The summed E-state index contributed by atoms with van der Waals surface area (Å²) in [6.07, 6.45) is -1.03. The molecule has 0 saturated heterocycles. The number of carboxylic acid groups (broad SMARTS) is 1. The Balaban J connectivity index is 2.49. The van der Waals surface area contributed by atoms with Gasteiger partial charge in [0.05, 0.1) is 0 Å². The molecule has 0 unspecified atom stereocenters. The predicted octanol–water partition coefficient (Wildman–Crippen LogP) is 3.30. The normalized spacial score (nSPS) is 10.4. The molecule has 1 aromatic heterocycles. The van der Waals surface area contributed by atoms with E-state index in [1.54, 1.807) is 17.4 Å². The average Bonchev–Trinajstić information content (AvgIpc) is 2.47. The fraction of sp³-hybridized carbons (Fsp3) is 0.100. The summed E-state index contributed by atoms with van der Waals surface area (Å²) in [5, 5.41) is 14.1. The SMILES string of the molecule is Cc1csc2ccc(NC(=O)O)cc12. The lowest BCUT2D eigenvalue weighted by Crippen LogP contribution is -2.06. The maximum atomic E-state index is 10.4. The van der Waals surface area contributed by atoms with Crippen LogP contribution in [-0.2, 0) is 0 Å². The number of thiophene rings is 1. The first kappa shape index (κ1) is 9.02. The van der Waals surface area contributed by atoms with Crippen molar-refractivity contribution in [3.8, 4) is 0 Å². The number of nitrogens with one attached hydrogen (secondary N) is 1. The van der Waals surface area contributed by atoms with Gasteiger partial charge >= 0.3 is 6.09 Å². The lowest BCUT2D eigenvalue weighted by Gasteiger charge is -2.00. The number of hydrogen-bond donors (Lipinski definition) is 2. The second-order valence-electron chi connectivity index (χ2n) is 3.06. The Morgan fingerprint density at radius 1 is 1.50 bits per heavy atom. The lowest BCUT2D eigenvalue weighted by atomic mass is 10.2. The largest absolute Gasteiger partial charge is 0.465 e. The van der Waals surface area contributed by atoms with Crippen molar-refractivity contribution in [2.75, 3.05) is 5.32 Å². The standard InChI is InChI=1S/C10H9NO2S/c1-6-5-14-9-3-2-7(4-8(6)9)11-10(12)13/h2-5,11H,1H3,(H,12,13). The summed E-state index contributed by atoms with van der Waals surface area (Å²) in [6, 6.07) is 5.56. The Kier molecular flexibility index (Phi) is 2.13. The average molecular weight is 207 g/mol. The van der Waals surface area contributed by atoms with Crippen LogP contribution in [0.4, 0.5) is 10.5 Å². The van der Waals surface area contributed by atoms with Crippen molar-refractivity contribution in [2.24, 2.45) is 0 Å². The molecule has 4 heteroatoms. The first-order valence-electron chi connectivity index (χ1n) is 4.14. The van der Waals surface area contributed by atoms with E-state index in [0.29, 0.717) is 5.69 Å². The van der Waals surface area contributed by atoms with Gasteiger partial charge in [0.15, 0.2) is 0 Å².